The maximum Gasteiger partial charge on any atom is 0.0719 e. The molecule has 0 fully saturated rings. The van der Waals surface area contributed by atoms with Crippen LogP contribution in [0.1, 0.15) is 63.9 Å². The van der Waals surface area contributed by atoms with Crippen molar-refractivity contribution in [2.45, 2.75) is 31.1 Å². The number of allylic oxidation sites excluding steroid dienone is 3. The summed E-state index contributed by atoms with van der Waals surface area (Å²) in [6, 6.07) is 69.0. The zero-order valence-electron chi connectivity index (χ0n) is 31.8. The van der Waals surface area contributed by atoms with E-state index in [0.29, 0.717) is 0 Å². The topological polar surface area (TPSA) is 26.0 Å². The van der Waals surface area contributed by atoms with Crippen molar-refractivity contribution >= 4 is 22.0 Å². The van der Waals surface area contributed by atoms with Crippen molar-refractivity contribution in [1.29, 1.82) is 0 Å². The molecule has 8 aromatic carbocycles. The molecule has 2 N–H and O–H groups in total. The molecule has 2 aliphatic rings. The minimum atomic E-state index is -0.509. The average molecular weight is 718 g/mol. The van der Waals surface area contributed by atoms with Gasteiger partial charge < -0.3 is 5.73 Å². The van der Waals surface area contributed by atoms with Crippen LogP contribution in [0.4, 0.5) is 0 Å². The number of benzene rings is 8. The molecule has 0 aromatic heterocycles. The predicted octanol–water partition coefficient (Wildman–Crippen LogP) is 13.1. The molecule has 0 saturated heterocycles. The molecule has 8 aromatic rings. The first-order valence-corrected chi connectivity index (χ1v) is 19.7. The SMILES string of the molecule is CC1(C)c2ccccc2C2(c3ccc(-c4ccc5ccccc5c4)cc3-c3c(C(/C=C(\N)c4ccccc4)=C/Cc4ccccc4)cccc32)c2ccccc21. The quantitative estimate of drug-likeness (QED) is 0.170. The lowest BCUT2D eigenvalue weighted by Crippen LogP contribution is -2.40. The van der Waals surface area contributed by atoms with Crippen molar-refractivity contribution in [1.82, 2.24) is 0 Å². The number of rotatable bonds is 6. The lowest BCUT2D eigenvalue weighted by Gasteiger charge is -2.46. The zero-order valence-corrected chi connectivity index (χ0v) is 31.8. The van der Waals surface area contributed by atoms with Crippen molar-refractivity contribution in [2.24, 2.45) is 5.73 Å². The lowest BCUT2D eigenvalue weighted by molar-refractivity contribution is 0.563. The van der Waals surface area contributed by atoms with Crippen molar-refractivity contribution < 1.29 is 0 Å². The van der Waals surface area contributed by atoms with Gasteiger partial charge in [-0.05, 0) is 113 Å². The van der Waals surface area contributed by atoms with E-state index in [-0.39, 0.29) is 5.41 Å². The molecule has 0 radical (unpaired) electrons. The molecule has 1 nitrogen and oxygen atoms in total. The highest BCUT2D eigenvalue weighted by Gasteiger charge is 2.53. The molecule has 0 atom stereocenters. The smallest absolute Gasteiger partial charge is 0.0719 e. The second-order valence-electron chi connectivity index (χ2n) is 15.8. The Balaban J connectivity index is 1.29. The zero-order chi connectivity index (χ0) is 37.9. The first-order chi connectivity index (χ1) is 27.4. The molecule has 1 heteroatoms. The van der Waals surface area contributed by atoms with Crippen LogP contribution in [0.5, 0.6) is 0 Å². The molecule has 0 saturated carbocycles. The minimum absolute atomic E-state index is 0.169. The normalized spacial score (nSPS) is 14.9. The summed E-state index contributed by atoms with van der Waals surface area (Å²) < 4.78 is 0. The van der Waals surface area contributed by atoms with Crippen LogP contribution in [0, 0.1) is 0 Å². The molecule has 1 spiro atoms. The molecule has 268 valence electrons. The van der Waals surface area contributed by atoms with Gasteiger partial charge in [-0.3, -0.25) is 0 Å². The Bertz CT molecular complexity index is 2810. The summed E-state index contributed by atoms with van der Waals surface area (Å²) in [5, 5.41) is 2.49. The number of fused-ring (bicyclic) bond motifs is 10. The van der Waals surface area contributed by atoms with E-state index in [1.807, 2.05) is 6.07 Å². The fourth-order valence-electron chi connectivity index (χ4n) is 9.72. The molecule has 2 aliphatic carbocycles. The van der Waals surface area contributed by atoms with Crippen LogP contribution in [0.25, 0.3) is 44.3 Å². The summed E-state index contributed by atoms with van der Waals surface area (Å²) in [5.41, 5.74) is 24.7. The number of hydrogen-bond acceptors (Lipinski definition) is 1. The summed E-state index contributed by atoms with van der Waals surface area (Å²) in [7, 11) is 0. The maximum absolute atomic E-state index is 7.00. The van der Waals surface area contributed by atoms with Crippen LogP contribution in [0.2, 0.25) is 0 Å². The van der Waals surface area contributed by atoms with Gasteiger partial charge in [-0.2, -0.15) is 0 Å². The largest absolute Gasteiger partial charge is 0.398 e. The van der Waals surface area contributed by atoms with E-state index in [9.17, 15) is 0 Å². The fourth-order valence-corrected chi connectivity index (χ4v) is 9.72. The lowest BCUT2D eigenvalue weighted by atomic mass is 9.55. The van der Waals surface area contributed by atoms with Crippen LogP contribution >= 0.6 is 0 Å². The van der Waals surface area contributed by atoms with Gasteiger partial charge in [-0.25, -0.2) is 0 Å². The molecule has 0 heterocycles. The Morgan fingerprint density at radius 2 is 1.07 bits per heavy atom. The number of nitrogens with two attached hydrogens (primary N) is 1. The Kier molecular flexibility index (Phi) is 8.01. The third-order valence-electron chi connectivity index (χ3n) is 12.4. The van der Waals surface area contributed by atoms with Gasteiger partial charge in [0.25, 0.3) is 0 Å². The molecular formula is C55H43N. The van der Waals surface area contributed by atoms with E-state index in [1.165, 1.54) is 77.5 Å². The van der Waals surface area contributed by atoms with Crippen LogP contribution in [0.15, 0.2) is 200 Å². The highest BCUT2D eigenvalue weighted by atomic mass is 14.6. The van der Waals surface area contributed by atoms with Gasteiger partial charge in [0.15, 0.2) is 0 Å². The van der Waals surface area contributed by atoms with E-state index < -0.39 is 5.41 Å². The van der Waals surface area contributed by atoms with Crippen LogP contribution in [-0.4, -0.2) is 0 Å². The van der Waals surface area contributed by atoms with Crippen molar-refractivity contribution in [3.05, 3.63) is 250 Å². The second kappa shape index (κ2) is 13.3. The Morgan fingerprint density at radius 3 is 1.79 bits per heavy atom. The third kappa shape index (κ3) is 5.23. The van der Waals surface area contributed by atoms with Crippen LogP contribution < -0.4 is 5.73 Å². The molecule has 0 amide bonds. The molecule has 56 heavy (non-hydrogen) atoms. The van der Waals surface area contributed by atoms with Crippen LogP contribution in [0.3, 0.4) is 0 Å². The third-order valence-corrected chi connectivity index (χ3v) is 12.4. The van der Waals surface area contributed by atoms with Gasteiger partial charge in [0.2, 0.25) is 0 Å². The van der Waals surface area contributed by atoms with E-state index in [0.717, 1.165) is 23.3 Å². The fraction of sp³-hybridized carbons (Fsp3) is 0.0909. The minimum Gasteiger partial charge on any atom is -0.398 e. The first-order valence-electron chi connectivity index (χ1n) is 19.7. The van der Waals surface area contributed by atoms with Gasteiger partial charge in [0.05, 0.1) is 5.41 Å². The second-order valence-corrected chi connectivity index (χ2v) is 15.8. The highest BCUT2D eigenvalue weighted by molar-refractivity contribution is 5.99. The monoisotopic (exact) mass is 717 g/mol. The predicted molar refractivity (Wildman–Crippen MR) is 236 cm³/mol. The summed E-state index contributed by atoms with van der Waals surface area (Å²) in [4.78, 5) is 0. The number of hydrogen-bond donors (Lipinski definition) is 1. The summed E-state index contributed by atoms with van der Waals surface area (Å²) in [6.07, 6.45) is 5.34. The molecule has 10 rings (SSSR count). The Labute approximate surface area is 330 Å². The van der Waals surface area contributed by atoms with Gasteiger partial charge in [-0.15, -0.1) is 0 Å². The molecule has 0 aliphatic heterocycles. The van der Waals surface area contributed by atoms with Crippen molar-refractivity contribution in [2.75, 3.05) is 0 Å². The van der Waals surface area contributed by atoms with Gasteiger partial charge in [0, 0.05) is 11.1 Å². The summed E-state index contributed by atoms with van der Waals surface area (Å²) in [5.74, 6) is 0. The van der Waals surface area contributed by atoms with E-state index in [2.05, 4.69) is 208 Å². The van der Waals surface area contributed by atoms with E-state index in [4.69, 9.17) is 5.73 Å². The van der Waals surface area contributed by atoms with Gasteiger partial charge in [0.1, 0.15) is 0 Å². The van der Waals surface area contributed by atoms with Gasteiger partial charge >= 0.3 is 0 Å². The van der Waals surface area contributed by atoms with E-state index >= 15 is 0 Å². The van der Waals surface area contributed by atoms with Crippen LogP contribution in [-0.2, 0) is 17.3 Å². The highest BCUT2D eigenvalue weighted by Crippen LogP contribution is 2.63. The maximum atomic E-state index is 7.00. The van der Waals surface area contributed by atoms with Crippen molar-refractivity contribution in [3.63, 3.8) is 0 Å². The summed E-state index contributed by atoms with van der Waals surface area (Å²) >= 11 is 0. The Morgan fingerprint density at radius 1 is 0.500 bits per heavy atom. The Hall–Kier alpha value is -6.70. The first kappa shape index (κ1) is 33.8. The molecular weight excluding hydrogens is 675 g/mol. The molecule has 0 unspecified atom stereocenters. The summed E-state index contributed by atoms with van der Waals surface area (Å²) in [6.45, 7) is 4.77. The standard InChI is InChI=1S/C55H43N/c1-54(2)47-23-11-13-25-49(47)55(50-26-14-12-24-48(50)54)46-33-32-42(41-31-30-38-18-9-10-21-40(38)34-41)35-45(46)53-44(22-15-27-51(53)55)43(29-28-37-16-5-3-6-17-37)36-52(56)39-19-7-4-8-20-39/h3-27,29-36H,28,56H2,1-2H3/b43-29+,52-36-. The van der Waals surface area contributed by atoms with E-state index in [1.54, 1.807) is 0 Å². The van der Waals surface area contributed by atoms with Crippen molar-refractivity contribution in [3.8, 4) is 22.3 Å². The van der Waals surface area contributed by atoms with Gasteiger partial charge in [-0.1, -0.05) is 196 Å². The average Bonchev–Trinajstić information content (AvgIpc) is 3.55. The molecule has 0 bridgehead atoms.